The summed E-state index contributed by atoms with van der Waals surface area (Å²) in [7, 11) is 0. The van der Waals surface area contributed by atoms with Gasteiger partial charge in [-0.15, -0.1) is 0 Å². The van der Waals surface area contributed by atoms with Crippen LogP contribution in [0, 0.1) is 0 Å². The predicted molar refractivity (Wildman–Crippen MR) is 67.6 cm³/mol. The van der Waals surface area contributed by atoms with Crippen molar-refractivity contribution in [2.24, 2.45) is 0 Å². The fraction of sp³-hybridized carbons (Fsp3) is 0.286. The molecule has 2 heterocycles. The third-order valence-corrected chi connectivity index (χ3v) is 2.84. The molecule has 2 atom stereocenters. The van der Waals surface area contributed by atoms with E-state index in [2.05, 4.69) is 9.97 Å². The summed E-state index contributed by atoms with van der Waals surface area (Å²) in [5.74, 6) is 0. The molecule has 0 amide bonds. The quantitative estimate of drug-likeness (QED) is 0.860. The summed E-state index contributed by atoms with van der Waals surface area (Å²) in [4.78, 5) is 8.19. The van der Waals surface area contributed by atoms with Gasteiger partial charge in [-0.1, -0.05) is 12.1 Å². The average molecular weight is 244 g/mol. The van der Waals surface area contributed by atoms with Crippen LogP contribution in [0.3, 0.4) is 0 Å². The lowest BCUT2D eigenvalue weighted by molar-refractivity contribution is -0.00527. The first-order valence-electron chi connectivity index (χ1n) is 5.82. The van der Waals surface area contributed by atoms with E-state index in [4.69, 9.17) is 0 Å². The molecule has 2 rings (SSSR count). The molecule has 94 valence electrons. The molecule has 2 aromatic heterocycles. The van der Waals surface area contributed by atoms with Crippen molar-refractivity contribution in [1.82, 2.24) is 9.97 Å². The molecule has 0 aliphatic heterocycles. The Hall–Kier alpha value is -1.78. The van der Waals surface area contributed by atoms with Crippen molar-refractivity contribution >= 4 is 0 Å². The van der Waals surface area contributed by atoms with Crippen molar-refractivity contribution in [1.29, 1.82) is 0 Å². The predicted octanol–water partition coefficient (Wildman–Crippen LogP) is 1.81. The van der Waals surface area contributed by atoms with E-state index in [1.54, 1.807) is 49.6 Å². The zero-order valence-electron chi connectivity index (χ0n) is 10.2. The van der Waals surface area contributed by atoms with Gasteiger partial charge in [0.05, 0.1) is 17.5 Å². The first-order valence-corrected chi connectivity index (χ1v) is 5.82. The third kappa shape index (κ3) is 2.91. The van der Waals surface area contributed by atoms with Crippen LogP contribution in [0.1, 0.15) is 30.8 Å². The molecule has 0 aliphatic carbocycles. The van der Waals surface area contributed by atoms with E-state index in [0.717, 1.165) is 0 Å². The van der Waals surface area contributed by atoms with Crippen molar-refractivity contribution in [3.05, 3.63) is 60.2 Å². The zero-order chi connectivity index (χ0) is 13.0. The SMILES string of the molecule is CC(O)(CC(O)c1ccccn1)c1ccccn1. The van der Waals surface area contributed by atoms with Gasteiger partial charge in [-0.25, -0.2) is 0 Å². The molecule has 4 nitrogen and oxygen atoms in total. The number of rotatable bonds is 4. The van der Waals surface area contributed by atoms with Crippen LogP contribution >= 0.6 is 0 Å². The van der Waals surface area contributed by atoms with Crippen molar-refractivity contribution in [2.45, 2.75) is 25.0 Å². The van der Waals surface area contributed by atoms with Gasteiger partial charge in [-0.2, -0.15) is 0 Å². The molecule has 0 bridgehead atoms. The minimum Gasteiger partial charge on any atom is -0.387 e. The lowest BCUT2D eigenvalue weighted by Crippen LogP contribution is -2.25. The molecule has 2 aromatic rings. The number of pyridine rings is 2. The molecule has 0 aliphatic rings. The minimum atomic E-state index is -1.18. The Balaban J connectivity index is 2.14. The number of hydrogen-bond donors (Lipinski definition) is 2. The van der Waals surface area contributed by atoms with Crippen molar-refractivity contribution < 1.29 is 10.2 Å². The fourth-order valence-corrected chi connectivity index (χ4v) is 1.84. The maximum Gasteiger partial charge on any atom is 0.107 e. The molecular weight excluding hydrogens is 228 g/mol. The zero-order valence-corrected chi connectivity index (χ0v) is 10.2. The largest absolute Gasteiger partial charge is 0.387 e. The van der Waals surface area contributed by atoms with Crippen LogP contribution in [0.4, 0.5) is 0 Å². The molecule has 0 saturated heterocycles. The van der Waals surface area contributed by atoms with Gasteiger partial charge in [0.15, 0.2) is 0 Å². The second kappa shape index (κ2) is 5.25. The lowest BCUT2D eigenvalue weighted by Gasteiger charge is -2.25. The molecule has 4 heteroatoms. The van der Waals surface area contributed by atoms with E-state index in [0.29, 0.717) is 11.4 Å². The van der Waals surface area contributed by atoms with Gasteiger partial charge >= 0.3 is 0 Å². The molecule has 0 spiro atoms. The molecule has 18 heavy (non-hydrogen) atoms. The molecule has 2 N–H and O–H groups in total. The van der Waals surface area contributed by atoms with E-state index in [1.807, 2.05) is 6.07 Å². The normalized spacial score (nSPS) is 15.9. The Bertz CT molecular complexity index is 486. The monoisotopic (exact) mass is 244 g/mol. The van der Waals surface area contributed by atoms with Gasteiger partial charge < -0.3 is 10.2 Å². The number of aliphatic hydroxyl groups is 2. The summed E-state index contributed by atoms with van der Waals surface area (Å²) < 4.78 is 0. The standard InChI is InChI=1S/C14H16N2O2/c1-14(18,13-7-3-5-9-16-13)10-12(17)11-6-2-4-8-15-11/h2-9,12,17-18H,10H2,1H3. The Labute approximate surface area is 106 Å². The van der Waals surface area contributed by atoms with E-state index < -0.39 is 11.7 Å². The summed E-state index contributed by atoms with van der Waals surface area (Å²) in [6, 6.07) is 10.7. The molecule has 0 fully saturated rings. The summed E-state index contributed by atoms with van der Waals surface area (Å²) in [6.07, 6.45) is 2.58. The third-order valence-electron chi connectivity index (χ3n) is 2.84. The molecule has 2 unspecified atom stereocenters. The molecule has 0 saturated carbocycles. The van der Waals surface area contributed by atoms with Crippen LogP contribution in [0.5, 0.6) is 0 Å². The fourth-order valence-electron chi connectivity index (χ4n) is 1.84. The average Bonchev–Trinajstić information content (AvgIpc) is 2.40. The summed E-state index contributed by atoms with van der Waals surface area (Å²) in [5, 5.41) is 20.4. The highest BCUT2D eigenvalue weighted by Crippen LogP contribution is 2.29. The highest BCUT2D eigenvalue weighted by molar-refractivity contribution is 5.14. The lowest BCUT2D eigenvalue weighted by atomic mass is 9.93. The van der Waals surface area contributed by atoms with E-state index in [-0.39, 0.29) is 6.42 Å². The smallest absolute Gasteiger partial charge is 0.107 e. The Morgan fingerprint density at radius 2 is 1.78 bits per heavy atom. The van der Waals surface area contributed by atoms with Crippen LogP contribution in [0.15, 0.2) is 48.8 Å². The molecule has 0 aromatic carbocycles. The number of hydrogen-bond acceptors (Lipinski definition) is 4. The second-order valence-corrected chi connectivity index (χ2v) is 4.46. The summed E-state index contributed by atoms with van der Waals surface area (Å²) in [5.41, 5.74) is -0.0910. The summed E-state index contributed by atoms with van der Waals surface area (Å²) >= 11 is 0. The molecule has 0 radical (unpaired) electrons. The van der Waals surface area contributed by atoms with E-state index in [9.17, 15) is 10.2 Å². The van der Waals surface area contributed by atoms with Gasteiger partial charge in [0, 0.05) is 18.8 Å². The van der Waals surface area contributed by atoms with Crippen LogP contribution in [0.25, 0.3) is 0 Å². The summed E-state index contributed by atoms with van der Waals surface area (Å²) in [6.45, 7) is 1.64. The first-order chi connectivity index (χ1) is 8.59. The van der Waals surface area contributed by atoms with Gasteiger partial charge in [0.2, 0.25) is 0 Å². The van der Waals surface area contributed by atoms with Crippen LogP contribution < -0.4 is 0 Å². The van der Waals surface area contributed by atoms with E-state index in [1.165, 1.54) is 0 Å². The maximum absolute atomic E-state index is 10.4. The van der Waals surface area contributed by atoms with E-state index >= 15 is 0 Å². The topological polar surface area (TPSA) is 66.2 Å². The maximum atomic E-state index is 10.4. The van der Waals surface area contributed by atoms with Crippen molar-refractivity contribution in [2.75, 3.05) is 0 Å². The van der Waals surface area contributed by atoms with Gasteiger partial charge in [-0.05, 0) is 31.2 Å². The van der Waals surface area contributed by atoms with Crippen LogP contribution in [0.2, 0.25) is 0 Å². The van der Waals surface area contributed by atoms with Gasteiger partial charge in [-0.3, -0.25) is 9.97 Å². The van der Waals surface area contributed by atoms with Gasteiger partial charge in [0.1, 0.15) is 5.60 Å². The van der Waals surface area contributed by atoms with Crippen molar-refractivity contribution in [3.63, 3.8) is 0 Å². The van der Waals surface area contributed by atoms with Crippen molar-refractivity contribution in [3.8, 4) is 0 Å². The Morgan fingerprint density at radius 1 is 1.11 bits per heavy atom. The second-order valence-electron chi connectivity index (χ2n) is 4.46. The number of nitrogens with zero attached hydrogens (tertiary/aromatic N) is 2. The Kier molecular flexibility index (Phi) is 3.69. The number of aromatic nitrogens is 2. The number of aliphatic hydroxyl groups excluding tert-OH is 1. The highest BCUT2D eigenvalue weighted by atomic mass is 16.3. The van der Waals surface area contributed by atoms with Crippen LogP contribution in [-0.4, -0.2) is 20.2 Å². The highest BCUT2D eigenvalue weighted by Gasteiger charge is 2.28. The molecular formula is C14H16N2O2. The first kappa shape index (κ1) is 12.7. The minimum absolute atomic E-state index is 0.154. The van der Waals surface area contributed by atoms with Gasteiger partial charge in [0.25, 0.3) is 0 Å². The van der Waals surface area contributed by atoms with Crippen LogP contribution in [-0.2, 0) is 5.60 Å². The Morgan fingerprint density at radius 3 is 2.33 bits per heavy atom.